The molecule has 1 aromatic carbocycles. The van der Waals surface area contributed by atoms with Gasteiger partial charge >= 0.3 is 0 Å². The second-order valence-electron chi connectivity index (χ2n) is 5.37. The van der Waals surface area contributed by atoms with Crippen molar-refractivity contribution >= 4 is 11.8 Å². The van der Waals surface area contributed by atoms with E-state index < -0.39 is 0 Å². The quantitative estimate of drug-likeness (QED) is 0.880. The van der Waals surface area contributed by atoms with Gasteiger partial charge in [0.05, 0.1) is 20.3 Å². The molecule has 6 nitrogen and oxygen atoms in total. The van der Waals surface area contributed by atoms with Crippen LogP contribution in [0.1, 0.15) is 5.56 Å². The lowest BCUT2D eigenvalue weighted by Gasteiger charge is -2.26. The predicted molar refractivity (Wildman–Crippen MR) is 90.3 cm³/mol. The minimum absolute atomic E-state index is 0.733. The van der Waals surface area contributed by atoms with E-state index in [0.717, 1.165) is 56.8 Å². The number of hydrogen-bond donors (Lipinski definition) is 1. The molecule has 23 heavy (non-hydrogen) atoms. The SMILES string of the molecule is COc1cccc(CCNc2ccnc(N3CCOCC3)n2)c1. The normalized spacial score (nSPS) is 14.6. The second kappa shape index (κ2) is 7.78. The summed E-state index contributed by atoms with van der Waals surface area (Å²) in [6.45, 7) is 3.96. The molecule has 0 bridgehead atoms. The van der Waals surface area contributed by atoms with E-state index >= 15 is 0 Å². The first-order valence-electron chi connectivity index (χ1n) is 7.88. The standard InChI is InChI=1S/C17H22N4O2/c1-22-15-4-2-3-14(13-15)5-7-18-16-6-8-19-17(20-16)21-9-11-23-12-10-21/h2-4,6,8,13H,5,7,9-12H2,1H3,(H,18,19,20). The Labute approximate surface area is 136 Å². The van der Waals surface area contributed by atoms with Crippen molar-refractivity contribution in [3.05, 3.63) is 42.1 Å². The van der Waals surface area contributed by atoms with Crippen molar-refractivity contribution < 1.29 is 9.47 Å². The Balaban J connectivity index is 1.55. The fraction of sp³-hybridized carbons (Fsp3) is 0.412. The first-order valence-corrected chi connectivity index (χ1v) is 7.88. The van der Waals surface area contributed by atoms with Crippen molar-refractivity contribution in [1.29, 1.82) is 0 Å². The zero-order valence-corrected chi connectivity index (χ0v) is 13.4. The third-order valence-electron chi connectivity index (χ3n) is 3.79. The maximum absolute atomic E-state index is 5.36. The van der Waals surface area contributed by atoms with Gasteiger partial charge in [0.1, 0.15) is 11.6 Å². The molecule has 0 unspecified atom stereocenters. The van der Waals surface area contributed by atoms with Gasteiger partial charge in [-0.1, -0.05) is 12.1 Å². The van der Waals surface area contributed by atoms with E-state index in [1.807, 2.05) is 18.2 Å². The van der Waals surface area contributed by atoms with Crippen molar-refractivity contribution in [2.24, 2.45) is 0 Å². The van der Waals surface area contributed by atoms with Crippen LogP contribution in [0.25, 0.3) is 0 Å². The molecule has 0 atom stereocenters. The molecule has 0 aliphatic carbocycles. The fourth-order valence-corrected chi connectivity index (χ4v) is 2.53. The third-order valence-corrected chi connectivity index (χ3v) is 3.79. The molecule has 1 saturated heterocycles. The summed E-state index contributed by atoms with van der Waals surface area (Å²) in [6, 6.07) is 10.0. The Morgan fingerprint density at radius 2 is 2.13 bits per heavy atom. The van der Waals surface area contributed by atoms with Crippen molar-refractivity contribution in [2.75, 3.05) is 50.2 Å². The van der Waals surface area contributed by atoms with Gasteiger partial charge in [0.25, 0.3) is 0 Å². The highest BCUT2D eigenvalue weighted by atomic mass is 16.5. The highest BCUT2D eigenvalue weighted by Gasteiger charge is 2.13. The van der Waals surface area contributed by atoms with Crippen LogP contribution < -0.4 is 15.0 Å². The summed E-state index contributed by atoms with van der Waals surface area (Å²) in [5, 5.41) is 3.36. The lowest BCUT2D eigenvalue weighted by molar-refractivity contribution is 0.122. The van der Waals surface area contributed by atoms with Crippen molar-refractivity contribution in [3.63, 3.8) is 0 Å². The van der Waals surface area contributed by atoms with Gasteiger partial charge in [-0.15, -0.1) is 0 Å². The van der Waals surface area contributed by atoms with Crippen molar-refractivity contribution in [2.45, 2.75) is 6.42 Å². The average molecular weight is 314 g/mol. The van der Waals surface area contributed by atoms with Crippen LogP contribution >= 0.6 is 0 Å². The van der Waals surface area contributed by atoms with Gasteiger partial charge < -0.3 is 19.7 Å². The van der Waals surface area contributed by atoms with Gasteiger partial charge in [0.2, 0.25) is 5.95 Å². The lowest BCUT2D eigenvalue weighted by atomic mass is 10.1. The van der Waals surface area contributed by atoms with E-state index in [1.165, 1.54) is 5.56 Å². The first kappa shape index (κ1) is 15.6. The molecular formula is C17H22N4O2. The monoisotopic (exact) mass is 314 g/mol. The molecule has 1 fully saturated rings. The molecule has 1 aliphatic heterocycles. The van der Waals surface area contributed by atoms with Crippen molar-refractivity contribution in [1.82, 2.24) is 9.97 Å². The molecule has 2 heterocycles. The van der Waals surface area contributed by atoms with Crippen LogP contribution in [0.4, 0.5) is 11.8 Å². The third kappa shape index (κ3) is 4.32. The Hall–Kier alpha value is -2.34. The van der Waals surface area contributed by atoms with Gasteiger partial charge in [0, 0.05) is 25.8 Å². The smallest absolute Gasteiger partial charge is 0.227 e. The number of hydrogen-bond acceptors (Lipinski definition) is 6. The molecule has 1 aromatic heterocycles. The van der Waals surface area contributed by atoms with E-state index in [1.54, 1.807) is 13.3 Å². The Morgan fingerprint density at radius 1 is 1.26 bits per heavy atom. The summed E-state index contributed by atoms with van der Waals surface area (Å²) >= 11 is 0. The van der Waals surface area contributed by atoms with Gasteiger partial charge in [-0.25, -0.2) is 4.98 Å². The number of benzene rings is 1. The van der Waals surface area contributed by atoms with Crippen molar-refractivity contribution in [3.8, 4) is 5.75 Å². The van der Waals surface area contributed by atoms with E-state index in [2.05, 4.69) is 32.3 Å². The molecule has 0 saturated carbocycles. The summed E-state index contributed by atoms with van der Waals surface area (Å²) in [5.41, 5.74) is 1.24. The molecule has 1 aliphatic rings. The van der Waals surface area contributed by atoms with Gasteiger partial charge in [-0.05, 0) is 30.2 Å². The Kier molecular flexibility index (Phi) is 5.26. The summed E-state index contributed by atoms with van der Waals surface area (Å²) in [7, 11) is 1.69. The molecular weight excluding hydrogens is 292 g/mol. The molecule has 1 N–H and O–H groups in total. The first-order chi connectivity index (χ1) is 11.3. The van der Waals surface area contributed by atoms with Gasteiger partial charge in [-0.3, -0.25) is 0 Å². The summed E-state index contributed by atoms with van der Waals surface area (Å²) in [4.78, 5) is 11.1. The van der Waals surface area contributed by atoms with Crippen LogP contribution in [-0.2, 0) is 11.2 Å². The second-order valence-corrected chi connectivity index (χ2v) is 5.37. The maximum Gasteiger partial charge on any atom is 0.227 e. The summed E-state index contributed by atoms with van der Waals surface area (Å²) in [6.07, 6.45) is 2.71. The molecule has 0 amide bonds. The zero-order valence-electron chi connectivity index (χ0n) is 13.4. The highest BCUT2D eigenvalue weighted by molar-refractivity contribution is 5.41. The number of rotatable bonds is 6. The summed E-state index contributed by atoms with van der Waals surface area (Å²) in [5.74, 6) is 2.50. The molecule has 0 spiro atoms. The number of ether oxygens (including phenoxy) is 2. The van der Waals surface area contributed by atoms with Crippen LogP contribution in [0, 0.1) is 0 Å². The van der Waals surface area contributed by atoms with Crippen LogP contribution in [0.5, 0.6) is 5.75 Å². The number of anilines is 2. The van der Waals surface area contributed by atoms with E-state index in [-0.39, 0.29) is 0 Å². The van der Waals surface area contributed by atoms with E-state index in [4.69, 9.17) is 9.47 Å². The molecule has 6 heteroatoms. The van der Waals surface area contributed by atoms with E-state index in [9.17, 15) is 0 Å². The fourth-order valence-electron chi connectivity index (χ4n) is 2.53. The zero-order chi connectivity index (χ0) is 15.9. The highest BCUT2D eigenvalue weighted by Crippen LogP contribution is 2.14. The maximum atomic E-state index is 5.36. The molecule has 122 valence electrons. The average Bonchev–Trinajstić information content (AvgIpc) is 2.63. The number of morpholine rings is 1. The predicted octanol–water partition coefficient (Wildman–Crippen LogP) is 1.98. The van der Waals surface area contributed by atoms with Gasteiger partial charge in [-0.2, -0.15) is 4.98 Å². The molecule has 0 radical (unpaired) electrons. The largest absolute Gasteiger partial charge is 0.497 e. The summed E-state index contributed by atoms with van der Waals surface area (Å²) < 4.78 is 10.6. The van der Waals surface area contributed by atoms with Crippen LogP contribution in [0.2, 0.25) is 0 Å². The molecule has 2 aromatic rings. The number of methoxy groups -OCH3 is 1. The van der Waals surface area contributed by atoms with Crippen LogP contribution in [0.15, 0.2) is 36.5 Å². The molecule has 3 rings (SSSR count). The minimum atomic E-state index is 0.733. The minimum Gasteiger partial charge on any atom is -0.497 e. The van der Waals surface area contributed by atoms with Crippen LogP contribution in [-0.4, -0.2) is 49.9 Å². The topological polar surface area (TPSA) is 59.5 Å². The number of nitrogens with zero attached hydrogens (tertiary/aromatic N) is 3. The van der Waals surface area contributed by atoms with E-state index in [0.29, 0.717) is 0 Å². The lowest BCUT2D eigenvalue weighted by Crippen LogP contribution is -2.37. The number of aromatic nitrogens is 2. The van der Waals surface area contributed by atoms with Gasteiger partial charge in [0.15, 0.2) is 0 Å². The van der Waals surface area contributed by atoms with Crippen LogP contribution in [0.3, 0.4) is 0 Å². The Morgan fingerprint density at radius 3 is 2.96 bits per heavy atom. The number of nitrogens with one attached hydrogen (secondary N) is 1. The Bertz CT molecular complexity index is 629.